The average Bonchev–Trinajstić information content (AvgIpc) is 1.86. The molecule has 0 saturated heterocycles. The molecular formula is C8H9BFP. The third-order valence-corrected chi connectivity index (χ3v) is 1.81. The summed E-state index contributed by atoms with van der Waals surface area (Å²) in [7, 11) is 7.58. The second-order valence-corrected chi connectivity index (χ2v) is 3.78. The van der Waals surface area contributed by atoms with Gasteiger partial charge in [0.15, 0.2) is 0 Å². The fraction of sp³-hybridized carbons (Fsp3) is 0.250. The van der Waals surface area contributed by atoms with Crippen molar-refractivity contribution in [2.45, 2.75) is 12.3 Å². The quantitative estimate of drug-likeness (QED) is 0.438. The Bertz CT molecular complexity index is 237. The highest BCUT2D eigenvalue weighted by atomic mass is 31.0. The van der Waals surface area contributed by atoms with Crippen molar-refractivity contribution in [1.29, 1.82) is 0 Å². The van der Waals surface area contributed by atoms with Gasteiger partial charge >= 0.3 is 0 Å². The molecule has 0 aliphatic carbocycles. The molecule has 2 radical (unpaired) electrons. The first kappa shape index (κ1) is 8.74. The predicted molar refractivity (Wildman–Crippen MR) is 50.0 cm³/mol. The van der Waals surface area contributed by atoms with E-state index in [4.69, 9.17) is 7.85 Å². The topological polar surface area (TPSA) is 0 Å². The number of rotatable bonds is 1. The van der Waals surface area contributed by atoms with Crippen molar-refractivity contribution in [1.82, 2.24) is 0 Å². The van der Waals surface area contributed by atoms with Crippen LogP contribution in [0.1, 0.15) is 12.5 Å². The summed E-state index contributed by atoms with van der Waals surface area (Å²) in [5.74, 6) is 0. The Morgan fingerprint density at radius 2 is 1.82 bits per heavy atom. The number of hydrogen-bond donors (Lipinski definition) is 0. The molecule has 0 nitrogen and oxygen atoms in total. The van der Waals surface area contributed by atoms with Crippen molar-refractivity contribution >= 4 is 22.5 Å². The van der Waals surface area contributed by atoms with Gasteiger partial charge in [-0.2, -0.15) is 0 Å². The molecule has 3 heteroatoms. The van der Waals surface area contributed by atoms with E-state index < -0.39 is 5.41 Å². The van der Waals surface area contributed by atoms with Gasteiger partial charge in [-0.1, -0.05) is 39.0 Å². The number of halogens is 1. The minimum atomic E-state index is -1.35. The van der Waals surface area contributed by atoms with Crippen LogP contribution in [0.3, 0.4) is 0 Å². The summed E-state index contributed by atoms with van der Waals surface area (Å²) in [5, 5.41) is -1.35. The molecule has 0 saturated carbocycles. The highest BCUT2D eigenvalue weighted by molar-refractivity contribution is 7.18. The Morgan fingerprint density at radius 3 is 2.18 bits per heavy atom. The van der Waals surface area contributed by atoms with E-state index in [9.17, 15) is 4.39 Å². The van der Waals surface area contributed by atoms with Gasteiger partial charge in [-0.05, 0) is 12.5 Å². The van der Waals surface area contributed by atoms with Gasteiger partial charge in [0.2, 0.25) is 0 Å². The molecule has 0 fully saturated rings. The van der Waals surface area contributed by atoms with E-state index in [-0.39, 0.29) is 0 Å². The molecule has 2 atom stereocenters. The predicted octanol–water partition coefficient (Wildman–Crippen LogP) is 1.50. The molecule has 2 unspecified atom stereocenters. The smallest absolute Gasteiger partial charge is 0.145 e. The molecular weight excluding hydrogens is 157 g/mol. The zero-order valence-corrected chi connectivity index (χ0v) is 7.50. The minimum Gasteiger partial charge on any atom is -0.235 e. The Kier molecular flexibility index (Phi) is 2.34. The average molecular weight is 166 g/mol. The molecule has 11 heavy (non-hydrogen) atoms. The van der Waals surface area contributed by atoms with E-state index >= 15 is 0 Å². The molecule has 0 aliphatic rings. The third-order valence-electron chi connectivity index (χ3n) is 1.48. The Morgan fingerprint density at radius 1 is 1.36 bits per heavy atom. The molecule has 0 bridgehead atoms. The van der Waals surface area contributed by atoms with E-state index in [0.717, 1.165) is 0 Å². The summed E-state index contributed by atoms with van der Waals surface area (Å²) in [6.07, 6.45) is 0. The summed E-state index contributed by atoms with van der Waals surface area (Å²) in [5.41, 5.74) is 1.28. The molecule has 0 amide bonds. The van der Waals surface area contributed by atoms with Crippen molar-refractivity contribution < 1.29 is 4.39 Å². The van der Waals surface area contributed by atoms with E-state index in [2.05, 4.69) is 9.24 Å². The highest BCUT2D eigenvalue weighted by Gasteiger charge is 2.17. The summed E-state index contributed by atoms with van der Waals surface area (Å²) in [6, 6.07) is 6.75. The molecule has 0 heterocycles. The maximum Gasteiger partial charge on any atom is 0.145 e. The van der Waals surface area contributed by atoms with Crippen LogP contribution in [0.2, 0.25) is 0 Å². The molecule has 1 aromatic rings. The number of alkyl halides is 1. The van der Waals surface area contributed by atoms with Gasteiger partial charge in [-0.25, -0.2) is 4.39 Å². The fourth-order valence-electron chi connectivity index (χ4n) is 0.809. The molecule has 56 valence electrons. The van der Waals surface area contributed by atoms with E-state index in [0.29, 0.717) is 11.0 Å². The van der Waals surface area contributed by atoms with Gasteiger partial charge in [0, 0.05) is 0 Å². The van der Waals surface area contributed by atoms with Crippen LogP contribution in [0.5, 0.6) is 0 Å². The molecule has 0 aliphatic heterocycles. The lowest BCUT2D eigenvalue weighted by Gasteiger charge is -2.13. The van der Waals surface area contributed by atoms with Crippen LogP contribution in [-0.2, 0) is 5.41 Å². The highest BCUT2D eigenvalue weighted by Crippen LogP contribution is 2.31. The maximum absolute atomic E-state index is 13.2. The Balaban J connectivity index is 2.99. The van der Waals surface area contributed by atoms with E-state index in [1.165, 1.54) is 6.92 Å². The summed E-state index contributed by atoms with van der Waals surface area (Å²) in [4.78, 5) is 0. The second kappa shape index (κ2) is 2.94. The van der Waals surface area contributed by atoms with Gasteiger partial charge in [-0.3, -0.25) is 0 Å². The summed E-state index contributed by atoms with van der Waals surface area (Å²) >= 11 is 0. The van der Waals surface area contributed by atoms with Gasteiger partial charge in [0.25, 0.3) is 0 Å². The SMILES string of the molecule is [B]c1ccc(C(C)(F)P)cc1. The van der Waals surface area contributed by atoms with Crippen molar-refractivity contribution in [3.8, 4) is 0 Å². The lowest BCUT2D eigenvalue weighted by molar-refractivity contribution is 0.324. The monoisotopic (exact) mass is 166 g/mol. The standard InChI is InChI=1S/C8H9BFP/c1-8(10,11)6-2-4-7(9)5-3-6/h2-5H,11H2,1H3. The van der Waals surface area contributed by atoms with Crippen LogP contribution in [-0.4, -0.2) is 7.85 Å². The maximum atomic E-state index is 13.2. The van der Waals surface area contributed by atoms with Crippen LogP contribution in [0.25, 0.3) is 0 Å². The van der Waals surface area contributed by atoms with Gasteiger partial charge < -0.3 is 0 Å². The van der Waals surface area contributed by atoms with Crippen molar-refractivity contribution in [2.24, 2.45) is 0 Å². The summed E-state index contributed by atoms with van der Waals surface area (Å²) < 4.78 is 13.2. The largest absolute Gasteiger partial charge is 0.235 e. The molecule has 1 rings (SSSR count). The molecule has 1 aromatic carbocycles. The van der Waals surface area contributed by atoms with Gasteiger partial charge in [-0.15, -0.1) is 0 Å². The number of hydrogen-bond acceptors (Lipinski definition) is 0. The Hall–Kier alpha value is -0.355. The van der Waals surface area contributed by atoms with E-state index in [1.807, 2.05) is 0 Å². The fourth-order valence-corrected chi connectivity index (χ4v) is 1.00. The second-order valence-electron chi connectivity index (χ2n) is 2.70. The number of benzene rings is 1. The van der Waals surface area contributed by atoms with Crippen LogP contribution >= 0.6 is 9.24 Å². The van der Waals surface area contributed by atoms with Crippen molar-refractivity contribution in [3.05, 3.63) is 29.8 Å². The molecule has 0 aromatic heterocycles. The van der Waals surface area contributed by atoms with Crippen LogP contribution in [0.15, 0.2) is 24.3 Å². The zero-order chi connectivity index (χ0) is 8.48. The lowest BCUT2D eigenvalue weighted by Crippen LogP contribution is -2.07. The van der Waals surface area contributed by atoms with E-state index in [1.54, 1.807) is 24.3 Å². The first-order valence-corrected chi connectivity index (χ1v) is 3.92. The minimum absolute atomic E-state index is 0.622. The van der Waals surface area contributed by atoms with Crippen LogP contribution in [0.4, 0.5) is 4.39 Å². The first-order valence-electron chi connectivity index (χ1n) is 3.34. The summed E-state index contributed by atoms with van der Waals surface area (Å²) in [6.45, 7) is 1.49. The van der Waals surface area contributed by atoms with Crippen molar-refractivity contribution in [2.75, 3.05) is 0 Å². The van der Waals surface area contributed by atoms with Crippen molar-refractivity contribution in [3.63, 3.8) is 0 Å². The van der Waals surface area contributed by atoms with Crippen LogP contribution < -0.4 is 5.46 Å². The lowest BCUT2D eigenvalue weighted by atomic mass is 9.94. The van der Waals surface area contributed by atoms with Gasteiger partial charge in [0.1, 0.15) is 13.3 Å². The first-order chi connectivity index (χ1) is 5.00. The molecule has 0 N–H and O–H groups in total. The zero-order valence-electron chi connectivity index (χ0n) is 6.34. The van der Waals surface area contributed by atoms with Crippen LogP contribution in [0, 0.1) is 0 Å². The van der Waals surface area contributed by atoms with Gasteiger partial charge in [0.05, 0.1) is 0 Å². The Labute approximate surface area is 69.8 Å². The third kappa shape index (κ3) is 2.30. The molecule has 0 spiro atoms. The normalized spacial score (nSPS) is 15.9.